The van der Waals surface area contributed by atoms with E-state index < -0.39 is 0 Å². The summed E-state index contributed by atoms with van der Waals surface area (Å²) in [6.45, 7) is 2.10. The zero-order valence-corrected chi connectivity index (χ0v) is 12.1. The fraction of sp³-hybridized carbons (Fsp3) is 0.100. The maximum atomic E-state index is 6.23. The van der Waals surface area contributed by atoms with Gasteiger partial charge in [0.25, 0.3) is 0 Å². The second kappa shape index (κ2) is 6.27. The van der Waals surface area contributed by atoms with Gasteiger partial charge in [0.05, 0.1) is 0 Å². The molecule has 0 radical (unpaired) electrons. The Morgan fingerprint density at radius 2 is 1.14 bits per heavy atom. The lowest BCUT2D eigenvalue weighted by atomic mass is 10.0. The van der Waals surface area contributed by atoms with E-state index in [4.69, 9.17) is 4.74 Å². The van der Waals surface area contributed by atoms with Crippen LogP contribution in [-0.4, -0.2) is 0 Å². The fourth-order valence-electron chi connectivity index (χ4n) is 2.33. The number of ether oxygens (including phenoxy) is 1. The van der Waals surface area contributed by atoms with Gasteiger partial charge in [0.1, 0.15) is 11.9 Å². The number of rotatable bonds is 4. The van der Waals surface area contributed by atoms with Crippen LogP contribution >= 0.6 is 0 Å². The molecule has 104 valence electrons. The highest BCUT2D eigenvalue weighted by atomic mass is 16.5. The van der Waals surface area contributed by atoms with Crippen LogP contribution in [0.1, 0.15) is 22.8 Å². The summed E-state index contributed by atoms with van der Waals surface area (Å²) in [4.78, 5) is 0. The highest BCUT2D eigenvalue weighted by Crippen LogP contribution is 2.28. The van der Waals surface area contributed by atoms with Crippen molar-refractivity contribution in [2.24, 2.45) is 0 Å². The molecule has 3 rings (SSSR count). The van der Waals surface area contributed by atoms with Gasteiger partial charge >= 0.3 is 0 Å². The minimum atomic E-state index is -0.0887. The van der Waals surface area contributed by atoms with Crippen LogP contribution in [-0.2, 0) is 0 Å². The van der Waals surface area contributed by atoms with Gasteiger partial charge < -0.3 is 4.74 Å². The molecule has 0 fully saturated rings. The summed E-state index contributed by atoms with van der Waals surface area (Å²) in [5, 5.41) is 0. The van der Waals surface area contributed by atoms with Crippen LogP contribution in [0.15, 0.2) is 84.9 Å². The SMILES string of the molecule is Cc1ccc(C(Oc2ccccc2)c2ccccc2)cc1. The normalized spacial score (nSPS) is 11.9. The van der Waals surface area contributed by atoms with Gasteiger partial charge in [-0.05, 0) is 30.2 Å². The smallest absolute Gasteiger partial charge is 0.149 e. The molecule has 3 aromatic rings. The first-order valence-electron chi connectivity index (χ1n) is 7.16. The highest BCUT2D eigenvalue weighted by molar-refractivity contribution is 5.34. The van der Waals surface area contributed by atoms with Crippen LogP contribution in [0, 0.1) is 6.92 Å². The third-order valence-electron chi connectivity index (χ3n) is 3.48. The van der Waals surface area contributed by atoms with E-state index in [2.05, 4.69) is 43.3 Å². The van der Waals surface area contributed by atoms with Crippen molar-refractivity contribution in [2.75, 3.05) is 0 Å². The van der Waals surface area contributed by atoms with Crippen molar-refractivity contribution >= 4 is 0 Å². The minimum Gasteiger partial charge on any atom is -0.481 e. The number of hydrogen-bond acceptors (Lipinski definition) is 1. The Labute approximate surface area is 125 Å². The lowest BCUT2D eigenvalue weighted by Crippen LogP contribution is -2.09. The molecule has 0 amide bonds. The Kier molecular flexibility index (Phi) is 4.02. The lowest BCUT2D eigenvalue weighted by molar-refractivity contribution is 0.247. The second-order valence-electron chi connectivity index (χ2n) is 5.13. The van der Waals surface area contributed by atoms with Crippen molar-refractivity contribution in [2.45, 2.75) is 13.0 Å². The molecule has 1 unspecified atom stereocenters. The van der Waals surface area contributed by atoms with Crippen LogP contribution in [0.5, 0.6) is 5.75 Å². The van der Waals surface area contributed by atoms with Crippen LogP contribution in [0.3, 0.4) is 0 Å². The third-order valence-corrected chi connectivity index (χ3v) is 3.48. The lowest BCUT2D eigenvalue weighted by Gasteiger charge is -2.20. The molecule has 0 heterocycles. The van der Waals surface area contributed by atoms with Gasteiger partial charge in [-0.15, -0.1) is 0 Å². The first-order valence-corrected chi connectivity index (χ1v) is 7.16. The monoisotopic (exact) mass is 274 g/mol. The van der Waals surface area contributed by atoms with E-state index in [-0.39, 0.29) is 6.10 Å². The summed E-state index contributed by atoms with van der Waals surface area (Å²) in [7, 11) is 0. The van der Waals surface area contributed by atoms with Gasteiger partial charge in [-0.2, -0.15) is 0 Å². The van der Waals surface area contributed by atoms with E-state index in [1.54, 1.807) is 0 Å². The summed E-state index contributed by atoms with van der Waals surface area (Å²) in [5.41, 5.74) is 3.58. The van der Waals surface area contributed by atoms with Crippen LogP contribution in [0.4, 0.5) is 0 Å². The molecule has 0 aliphatic heterocycles. The van der Waals surface area contributed by atoms with E-state index in [9.17, 15) is 0 Å². The Balaban J connectivity index is 1.97. The molecule has 1 heteroatoms. The number of aryl methyl sites for hydroxylation is 1. The van der Waals surface area contributed by atoms with E-state index in [1.807, 2.05) is 48.5 Å². The molecule has 0 aliphatic carbocycles. The largest absolute Gasteiger partial charge is 0.481 e. The molecule has 0 spiro atoms. The van der Waals surface area contributed by atoms with Crippen molar-refractivity contribution in [3.05, 3.63) is 102 Å². The van der Waals surface area contributed by atoms with Crippen LogP contribution < -0.4 is 4.74 Å². The Hall–Kier alpha value is -2.54. The van der Waals surface area contributed by atoms with Crippen molar-refractivity contribution in [1.29, 1.82) is 0 Å². The van der Waals surface area contributed by atoms with Crippen molar-refractivity contribution < 1.29 is 4.74 Å². The molecule has 0 saturated heterocycles. The third kappa shape index (κ3) is 3.32. The summed E-state index contributed by atoms with van der Waals surface area (Å²) >= 11 is 0. The van der Waals surface area contributed by atoms with E-state index in [0.29, 0.717) is 0 Å². The van der Waals surface area contributed by atoms with Gasteiger partial charge in [0.15, 0.2) is 0 Å². The van der Waals surface area contributed by atoms with E-state index >= 15 is 0 Å². The number of para-hydroxylation sites is 1. The van der Waals surface area contributed by atoms with Gasteiger partial charge in [0.2, 0.25) is 0 Å². The molecular formula is C20H18O. The van der Waals surface area contributed by atoms with E-state index in [0.717, 1.165) is 16.9 Å². The fourth-order valence-corrected chi connectivity index (χ4v) is 2.33. The van der Waals surface area contributed by atoms with Crippen molar-refractivity contribution in [3.63, 3.8) is 0 Å². The summed E-state index contributed by atoms with van der Waals surface area (Å²) in [6.07, 6.45) is -0.0887. The molecule has 0 bridgehead atoms. The Morgan fingerprint density at radius 1 is 0.619 bits per heavy atom. The van der Waals surface area contributed by atoms with Gasteiger partial charge in [-0.25, -0.2) is 0 Å². The molecule has 21 heavy (non-hydrogen) atoms. The average Bonchev–Trinajstić information content (AvgIpc) is 2.55. The predicted octanol–water partition coefficient (Wildman–Crippen LogP) is 5.16. The maximum absolute atomic E-state index is 6.23. The first kappa shape index (κ1) is 13.4. The topological polar surface area (TPSA) is 9.23 Å². The zero-order valence-electron chi connectivity index (χ0n) is 12.1. The molecule has 0 N–H and O–H groups in total. The molecule has 1 atom stereocenters. The average molecular weight is 274 g/mol. The molecule has 3 aromatic carbocycles. The predicted molar refractivity (Wildman–Crippen MR) is 86.5 cm³/mol. The van der Waals surface area contributed by atoms with Gasteiger partial charge in [-0.3, -0.25) is 0 Å². The summed E-state index contributed by atoms with van der Waals surface area (Å²) < 4.78 is 6.23. The molecular weight excluding hydrogens is 256 g/mol. The molecule has 1 nitrogen and oxygen atoms in total. The summed E-state index contributed by atoms with van der Waals surface area (Å²) in [6, 6.07) is 28.8. The zero-order chi connectivity index (χ0) is 14.5. The maximum Gasteiger partial charge on any atom is 0.149 e. The standard InChI is InChI=1S/C20H18O/c1-16-12-14-18(15-13-16)20(17-8-4-2-5-9-17)21-19-10-6-3-7-11-19/h2-15,20H,1H3. The van der Waals surface area contributed by atoms with E-state index in [1.165, 1.54) is 5.56 Å². The number of hydrogen-bond donors (Lipinski definition) is 0. The van der Waals surface area contributed by atoms with Gasteiger partial charge in [0, 0.05) is 0 Å². The van der Waals surface area contributed by atoms with Crippen molar-refractivity contribution in [3.8, 4) is 5.75 Å². The minimum absolute atomic E-state index is 0.0887. The quantitative estimate of drug-likeness (QED) is 0.638. The van der Waals surface area contributed by atoms with Crippen molar-refractivity contribution in [1.82, 2.24) is 0 Å². The Bertz CT molecular complexity index is 672. The van der Waals surface area contributed by atoms with Gasteiger partial charge in [-0.1, -0.05) is 78.4 Å². The second-order valence-corrected chi connectivity index (χ2v) is 5.13. The molecule has 0 saturated carbocycles. The molecule has 0 aromatic heterocycles. The Morgan fingerprint density at radius 3 is 1.76 bits per heavy atom. The highest BCUT2D eigenvalue weighted by Gasteiger charge is 2.15. The molecule has 0 aliphatic rings. The number of benzene rings is 3. The first-order chi connectivity index (χ1) is 10.3. The van der Waals surface area contributed by atoms with Crippen LogP contribution in [0.25, 0.3) is 0 Å². The van der Waals surface area contributed by atoms with Crippen LogP contribution in [0.2, 0.25) is 0 Å². The summed E-state index contributed by atoms with van der Waals surface area (Å²) in [5.74, 6) is 0.881.